The summed E-state index contributed by atoms with van der Waals surface area (Å²) in [4.78, 5) is 45.8. The second-order valence-electron chi connectivity index (χ2n) is 10.4. The number of carbonyl (C=O) groups is 3. The fraction of sp³-hybridized carbons (Fsp3) is 0.640. The summed E-state index contributed by atoms with van der Waals surface area (Å²) >= 11 is 0. The van der Waals surface area contributed by atoms with E-state index < -0.39 is 6.10 Å². The lowest BCUT2D eigenvalue weighted by Crippen LogP contribution is -2.57. The molecule has 10 nitrogen and oxygen atoms in total. The van der Waals surface area contributed by atoms with E-state index in [-0.39, 0.29) is 29.9 Å². The Balaban J connectivity index is 1.16. The number of piperazine rings is 2. The van der Waals surface area contributed by atoms with Gasteiger partial charge in [0.2, 0.25) is 17.9 Å². The zero-order chi connectivity index (χ0) is 25.0. The number of nitrogens with one attached hydrogen (secondary N) is 1. The molecule has 4 rings (SSSR count). The Morgan fingerprint density at radius 2 is 1.43 bits per heavy atom. The molecular formula is C25H37N5O5. The Bertz CT molecular complexity index is 917. The minimum absolute atomic E-state index is 0.0130. The number of rotatable bonds is 5. The summed E-state index contributed by atoms with van der Waals surface area (Å²) in [6.07, 6.45) is -0.639. The topological polar surface area (TPSA) is 94.7 Å². The Hall–Kier alpha value is -2.85. The summed E-state index contributed by atoms with van der Waals surface area (Å²) < 4.78 is 11.5. The van der Waals surface area contributed by atoms with Gasteiger partial charge in [0.1, 0.15) is 6.61 Å². The van der Waals surface area contributed by atoms with Gasteiger partial charge in [-0.15, -0.1) is 0 Å². The average molecular weight is 488 g/mol. The van der Waals surface area contributed by atoms with Crippen LogP contribution in [0.4, 0.5) is 0 Å². The number of fused-ring (bicyclic) bond motifs is 1. The van der Waals surface area contributed by atoms with Crippen molar-refractivity contribution in [3.05, 3.63) is 24.3 Å². The van der Waals surface area contributed by atoms with Gasteiger partial charge in [0.15, 0.2) is 11.5 Å². The molecule has 0 aliphatic carbocycles. The van der Waals surface area contributed by atoms with E-state index in [9.17, 15) is 14.4 Å². The highest BCUT2D eigenvalue weighted by Gasteiger charge is 2.33. The molecule has 0 saturated carbocycles. The van der Waals surface area contributed by atoms with Crippen LogP contribution in [0.1, 0.15) is 20.8 Å². The molecule has 3 amide bonds. The second-order valence-corrected chi connectivity index (χ2v) is 10.4. The summed E-state index contributed by atoms with van der Waals surface area (Å²) in [6, 6.07) is 7.36. The summed E-state index contributed by atoms with van der Waals surface area (Å²) in [6.45, 7) is 11.9. The fourth-order valence-corrected chi connectivity index (χ4v) is 4.58. The van der Waals surface area contributed by atoms with Crippen molar-refractivity contribution in [1.29, 1.82) is 0 Å². The number of hydrogen-bond donors (Lipinski definition) is 1. The Morgan fingerprint density at radius 1 is 0.857 bits per heavy atom. The molecule has 1 aromatic carbocycles. The molecule has 1 N–H and O–H groups in total. The molecular weight excluding hydrogens is 450 g/mol. The van der Waals surface area contributed by atoms with E-state index in [1.54, 1.807) is 11.0 Å². The van der Waals surface area contributed by atoms with Crippen molar-refractivity contribution in [3.63, 3.8) is 0 Å². The van der Waals surface area contributed by atoms with E-state index in [0.717, 1.165) is 0 Å². The van der Waals surface area contributed by atoms with E-state index in [0.29, 0.717) is 76.9 Å². The van der Waals surface area contributed by atoms with Crippen molar-refractivity contribution in [3.8, 4) is 11.5 Å². The van der Waals surface area contributed by atoms with E-state index >= 15 is 0 Å². The molecule has 3 aliphatic heterocycles. The van der Waals surface area contributed by atoms with Crippen molar-refractivity contribution in [1.82, 2.24) is 24.9 Å². The van der Waals surface area contributed by atoms with Crippen LogP contribution >= 0.6 is 0 Å². The van der Waals surface area contributed by atoms with Gasteiger partial charge in [-0.25, -0.2) is 0 Å². The third kappa shape index (κ3) is 6.85. The zero-order valence-corrected chi connectivity index (χ0v) is 21.0. The van der Waals surface area contributed by atoms with Crippen molar-refractivity contribution in [2.45, 2.75) is 32.4 Å². The number of carbonyl (C=O) groups excluding carboxylic acids is 3. The molecule has 2 fully saturated rings. The number of para-hydroxylation sites is 2. The number of benzene rings is 1. The highest BCUT2D eigenvalue weighted by molar-refractivity contribution is 5.82. The van der Waals surface area contributed by atoms with Crippen molar-refractivity contribution in [2.24, 2.45) is 0 Å². The first-order chi connectivity index (χ1) is 16.7. The lowest BCUT2D eigenvalue weighted by molar-refractivity contribution is -0.143. The maximum Gasteiger partial charge on any atom is 0.267 e. The van der Waals surface area contributed by atoms with Crippen LogP contribution in [0, 0.1) is 0 Å². The molecule has 0 unspecified atom stereocenters. The van der Waals surface area contributed by atoms with Gasteiger partial charge in [-0.05, 0) is 32.9 Å². The Labute approximate surface area is 207 Å². The van der Waals surface area contributed by atoms with Crippen LogP contribution in [-0.2, 0) is 14.4 Å². The van der Waals surface area contributed by atoms with Gasteiger partial charge in [-0.2, -0.15) is 0 Å². The number of amides is 3. The molecule has 1 aromatic rings. The van der Waals surface area contributed by atoms with E-state index in [1.807, 2.05) is 43.9 Å². The largest absolute Gasteiger partial charge is 0.485 e. The third-order valence-corrected chi connectivity index (χ3v) is 6.43. The van der Waals surface area contributed by atoms with E-state index in [1.165, 1.54) is 0 Å². The van der Waals surface area contributed by atoms with Crippen molar-refractivity contribution < 1.29 is 23.9 Å². The van der Waals surface area contributed by atoms with Crippen LogP contribution in [-0.4, -0.2) is 121 Å². The second kappa shape index (κ2) is 10.8. The number of hydrogen-bond acceptors (Lipinski definition) is 7. The molecule has 2 saturated heterocycles. The minimum atomic E-state index is -0.639. The Kier molecular flexibility index (Phi) is 7.81. The first-order valence-corrected chi connectivity index (χ1v) is 12.4. The van der Waals surface area contributed by atoms with Crippen LogP contribution in [0.3, 0.4) is 0 Å². The maximum atomic E-state index is 12.9. The predicted octanol–water partition coefficient (Wildman–Crippen LogP) is 0.0295. The Morgan fingerprint density at radius 3 is 2.06 bits per heavy atom. The van der Waals surface area contributed by atoms with Crippen LogP contribution in [0.25, 0.3) is 0 Å². The van der Waals surface area contributed by atoms with Gasteiger partial charge >= 0.3 is 0 Å². The van der Waals surface area contributed by atoms with Crippen molar-refractivity contribution >= 4 is 17.7 Å². The average Bonchev–Trinajstić information content (AvgIpc) is 2.83. The molecule has 0 aromatic heterocycles. The van der Waals surface area contributed by atoms with Gasteiger partial charge < -0.3 is 24.6 Å². The molecule has 35 heavy (non-hydrogen) atoms. The van der Waals surface area contributed by atoms with Crippen molar-refractivity contribution in [2.75, 3.05) is 72.1 Å². The standard InChI is InChI=1S/C25H37N5O5/c1-25(2,3)26-22(31)16-27-8-12-29(13-9-27)23(32)17-28-10-14-30(15-11-28)24(33)21-18-34-19-6-4-5-7-20(19)35-21/h4-7,21H,8-18H2,1-3H3,(H,26,31)/t21-/m1/s1. The maximum absolute atomic E-state index is 12.9. The fourth-order valence-electron chi connectivity index (χ4n) is 4.58. The van der Waals surface area contributed by atoms with Crippen LogP contribution < -0.4 is 14.8 Å². The normalized spacial score (nSPS) is 21.5. The van der Waals surface area contributed by atoms with Gasteiger partial charge in [0.05, 0.1) is 13.1 Å². The zero-order valence-electron chi connectivity index (χ0n) is 21.0. The molecule has 10 heteroatoms. The molecule has 3 heterocycles. The van der Waals surface area contributed by atoms with E-state index in [4.69, 9.17) is 9.47 Å². The quantitative estimate of drug-likeness (QED) is 0.626. The smallest absolute Gasteiger partial charge is 0.267 e. The van der Waals surface area contributed by atoms with Crippen LogP contribution in [0.5, 0.6) is 11.5 Å². The predicted molar refractivity (Wildman–Crippen MR) is 130 cm³/mol. The molecule has 0 bridgehead atoms. The highest BCUT2D eigenvalue weighted by Crippen LogP contribution is 2.31. The van der Waals surface area contributed by atoms with Gasteiger partial charge in [-0.1, -0.05) is 12.1 Å². The number of nitrogens with zero attached hydrogens (tertiary/aromatic N) is 4. The molecule has 3 aliphatic rings. The monoisotopic (exact) mass is 487 g/mol. The molecule has 1 atom stereocenters. The van der Waals surface area contributed by atoms with Crippen LogP contribution in [0.15, 0.2) is 24.3 Å². The minimum Gasteiger partial charge on any atom is -0.485 e. The first kappa shape index (κ1) is 25.2. The van der Waals surface area contributed by atoms with Crippen LogP contribution in [0.2, 0.25) is 0 Å². The molecule has 0 spiro atoms. The summed E-state index contributed by atoms with van der Waals surface area (Å²) in [5, 5.41) is 2.98. The van der Waals surface area contributed by atoms with Gasteiger partial charge in [0, 0.05) is 57.9 Å². The highest BCUT2D eigenvalue weighted by atomic mass is 16.6. The van der Waals surface area contributed by atoms with E-state index in [2.05, 4.69) is 15.1 Å². The lowest BCUT2D eigenvalue weighted by Gasteiger charge is -2.39. The SMILES string of the molecule is CC(C)(C)NC(=O)CN1CCN(C(=O)CN2CCN(C(=O)[C@H]3COc4ccccc4O3)CC2)CC1. The molecule has 0 radical (unpaired) electrons. The summed E-state index contributed by atoms with van der Waals surface area (Å²) in [5.41, 5.74) is -0.244. The summed E-state index contributed by atoms with van der Waals surface area (Å²) in [7, 11) is 0. The number of ether oxygens (including phenoxy) is 2. The molecule has 192 valence electrons. The first-order valence-electron chi connectivity index (χ1n) is 12.4. The summed E-state index contributed by atoms with van der Waals surface area (Å²) in [5.74, 6) is 1.30. The lowest BCUT2D eigenvalue weighted by atomic mass is 10.1. The third-order valence-electron chi connectivity index (χ3n) is 6.43. The van der Waals surface area contributed by atoms with Gasteiger partial charge in [0.25, 0.3) is 5.91 Å². The van der Waals surface area contributed by atoms with Gasteiger partial charge in [-0.3, -0.25) is 24.2 Å².